The quantitative estimate of drug-likeness (QED) is 0.490. The average molecular weight is 456 g/mol. The van der Waals surface area contributed by atoms with Gasteiger partial charge in [-0.1, -0.05) is 18.2 Å². The first-order chi connectivity index (χ1) is 16.6. The smallest absolute Gasteiger partial charge is 0.323 e. The molecule has 2 aromatic heterocycles. The number of aromatic nitrogens is 3. The van der Waals surface area contributed by atoms with E-state index in [9.17, 15) is 4.79 Å². The van der Waals surface area contributed by atoms with E-state index in [4.69, 9.17) is 0 Å². The Kier molecular flexibility index (Phi) is 5.31. The summed E-state index contributed by atoms with van der Waals surface area (Å²) in [7, 11) is 2.17. The van der Waals surface area contributed by atoms with Crippen LogP contribution in [0.1, 0.15) is 5.56 Å². The molecule has 2 amide bonds. The molecule has 0 radical (unpaired) electrons. The van der Waals surface area contributed by atoms with Crippen LogP contribution in [0.5, 0.6) is 0 Å². The number of hydrogen-bond donors (Lipinski definition) is 2. The van der Waals surface area contributed by atoms with Gasteiger partial charge < -0.3 is 24.7 Å². The molecule has 4 heterocycles. The van der Waals surface area contributed by atoms with Gasteiger partial charge in [-0.05, 0) is 42.9 Å². The van der Waals surface area contributed by atoms with Crippen molar-refractivity contribution in [2.45, 2.75) is 19.6 Å². The Balaban J connectivity index is 1.11. The van der Waals surface area contributed by atoms with Crippen LogP contribution in [0, 0.1) is 0 Å². The second-order valence-electron chi connectivity index (χ2n) is 9.28. The van der Waals surface area contributed by atoms with Crippen LogP contribution in [0.2, 0.25) is 0 Å². The lowest BCUT2D eigenvalue weighted by molar-refractivity contribution is 0.148. The van der Waals surface area contributed by atoms with Gasteiger partial charge in [0.25, 0.3) is 0 Å². The van der Waals surface area contributed by atoms with Gasteiger partial charge in [-0.15, -0.1) is 0 Å². The highest BCUT2D eigenvalue weighted by atomic mass is 16.2. The van der Waals surface area contributed by atoms with E-state index in [1.54, 1.807) is 0 Å². The summed E-state index contributed by atoms with van der Waals surface area (Å²) in [6.07, 6.45) is 3.79. The van der Waals surface area contributed by atoms with Gasteiger partial charge >= 0.3 is 6.03 Å². The Labute approximate surface area is 198 Å². The molecule has 0 unspecified atom stereocenters. The van der Waals surface area contributed by atoms with Crippen molar-refractivity contribution in [1.29, 1.82) is 0 Å². The highest BCUT2D eigenvalue weighted by Crippen LogP contribution is 2.32. The minimum Gasteiger partial charge on any atom is -0.337 e. The molecule has 8 nitrogen and oxygen atoms in total. The third-order valence-corrected chi connectivity index (χ3v) is 6.92. The van der Waals surface area contributed by atoms with Crippen molar-refractivity contribution in [1.82, 2.24) is 23.9 Å². The second-order valence-corrected chi connectivity index (χ2v) is 9.28. The van der Waals surface area contributed by atoms with Crippen molar-refractivity contribution in [2.24, 2.45) is 0 Å². The van der Waals surface area contributed by atoms with E-state index in [1.165, 1.54) is 5.56 Å². The number of fused-ring (bicyclic) bond motifs is 5. The van der Waals surface area contributed by atoms with Crippen LogP contribution in [0.15, 0.2) is 61.1 Å². The third kappa shape index (κ3) is 4.06. The van der Waals surface area contributed by atoms with Gasteiger partial charge in [0.15, 0.2) is 0 Å². The summed E-state index contributed by atoms with van der Waals surface area (Å²) in [4.78, 5) is 21.8. The van der Waals surface area contributed by atoms with Crippen LogP contribution in [-0.2, 0) is 19.6 Å². The number of benzene rings is 2. The summed E-state index contributed by atoms with van der Waals surface area (Å²) in [6.45, 7) is 7.15. The first-order valence-electron chi connectivity index (χ1n) is 11.8. The lowest BCUT2D eigenvalue weighted by atomic mass is 10.2. The maximum Gasteiger partial charge on any atom is 0.323 e. The van der Waals surface area contributed by atoms with E-state index >= 15 is 0 Å². The molecule has 0 saturated carbocycles. The second kappa shape index (κ2) is 8.62. The molecule has 34 heavy (non-hydrogen) atoms. The fourth-order valence-electron chi connectivity index (χ4n) is 4.96. The van der Waals surface area contributed by atoms with Gasteiger partial charge in [-0.3, -0.25) is 4.90 Å². The molecule has 1 fully saturated rings. The molecular weight excluding hydrogens is 426 g/mol. The van der Waals surface area contributed by atoms with Crippen LogP contribution in [0.25, 0.3) is 22.3 Å². The zero-order valence-corrected chi connectivity index (χ0v) is 19.4. The molecule has 8 heteroatoms. The number of likely N-dealkylation sites (N-methyl/N-ethyl adjacent to an activating group) is 1. The van der Waals surface area contributed by atoms with Gasteiger partial charge in [0.1, 0.15) is 0 Å². The number of hydrogen-bond acceptors (Lipinski definition) is 4. The zero-order chi connectivity index (χ0) is 23.1. The summed E-state index contributed by atoms with van der Waals surface area (Å²) < 4.78 is 4.48. The molecule has 1 saturated heterocycles. The molecule has 2 aliphatic heterocycles. The van der Waals surface area contributed by atoms with Crippen molar-refractivity contribution in [3.8, 4) is 11.4 Å². The molecular formula is C26H29N7O. The Hall–Kier alpha value is -3.62. The van der Waals surface area contributed by atoms with Crippen molar-refractivity contribution in [3.05, 3.63) is 66.6 Å². The first-order valence-corrected chi connectivity index (χ1v) is 11.8. The Morgan fingerprint density at radius 3 is 2.47 bits per heavy atom. The molecule has 6 rings (SSSR count). The van der Waals surface area contributed by atoms with Crippen LogP contribution >= 0.6 is 0 Å². The molecule has 2 aliphatic rings. The fourth-order valence-corrected chi connectivity index (χ4v) is 4.96. The summed E-state index contributed by atoms with van der Waals surface area (Å²) in [6, 6.07) is 16.1. The molecule has 2 aromatic carbocycles. The number of imidazole rings is 1. The molecule has 4 aromatic rings. The minimum atomic E-state index is -0.241. The highest BCUT2D eigenvalue weighted by Gasteiger charge is 2.19. The summed E-state index contributed by atoms with van der Waals surface area (Å²) in [5, 5.41) is 7.09. The van der Waals surface area contributed by atoms with Crippen LogP contribution in [0.3, 0.4) is 0 Å². The van der Waals surface area contributed by atoms with Gasteiger partial charge in [-0.25, -0.2) is 9.78 Å². The first kappa shape index (κ1) is 20.9. The van der Waals surface area contributed by atoms with Gasteiger partial charge in [0, 0.05) is 62.6 Å². The number of carbonyl (C=O) groups excluding carboxylic acids is 1. The Morgan fingerprint density at radius 1 is 0.882 bits per heavy atom. The zero-order valence-electron chi connectivity index (χ0n) is 19.4. The third-order valence-electron chi connectivity index (χ3n) is 6.92. The van der Waals surface area contributed by atoms with Crippen molar-refractivity contribution in [2.75, 3.05) is 43.9 Å². The number of piperazine rings is 1. The number of nitrogens with one attached hydrogen (secondary N) is 2. The maximum atomic E-state index is 12.7. The van der Waals surface area contributed by atoms with Gasteiger partial charge in [0.2, 0.25) is 0 Å². The number of urea groups is 1. The number of carbonyl (C=O) groups is 1. The van der Waals surface area contributed by atoms with Crippen LogP contribution in [-0.4, -0.2) is 63.2 Å². The van der Waals surface area contributed by atoms with Crippen molar-refractivity contribution >= 4 is 28.3 Å². The largest absolute Gasteiger partial charge is 0.337 e. The lowest BCUT2D eigenvalue weighted by Gasteiger charge is -2.32. The summed E-state index contributed by atoms with van der Waals surface area (Å²) in [5.41, 5.74) is 6.24. The topological polar surface area (TPSA) is 70.4 Å². The van der Waals surface area contributed by atoms with E-state index < -0.39 is 0 Å². The van der Waals surface area contributed by atoms with E-state index in [1.807, 2.05) is 36.8 Å². The summed E-state index contributed by atoms with van der Waals surface area (Å²) >= 11 is 0. The summed E-state index contributed by atoms with van der Waals surface area (Å²) in [5.74, 6) is 0. The fraction of sp³-hybridized carbons (Fsp3) is 0.308. The van der Waals surface area contributed by atoms with Crippen LogP contribution < -0.4 is 10.6 Å². The Bertz CT molecular complexity index is 1330. The predicted molar refractivity (Wildman–Crippen MR) is 135 cm³/mol. The molecule has 2 N–H and O–H groups in total. The van der Waals surface area contributed by atoms with E-state index in [-0.39, 0.29) is 6.03 Å². The van der Waals surface area contributed by atoms with Crippen molar-refractivity contribution < 1.29 is 4.79 Å². The van der Waals surface area contributed by atoms with E-state index in [0.717, 1.165) is 79.5 Å². The van der Waals surface area contributed by atoms with Crippen LogP contribution in [0.4, 0.5) is 16.2 Å². The van der Waals surface area contributed by atoms with E-state index in [2.05, 4.69) is 65.9 Å². The Morgan fingerprint density at radius 2 is 1.65 bits per heavy atom. The van der Waals surface area contributed by atoms with Gasteiger partial charge in [0.05, 0.1) is 29.4 Å². The monoisotopic (exact) mass is 455 g/mol. The molecule has 0 spiro atoms. The van der Waals surface area contributed by atoms with Crippen molar-refractivity contribution in [3.63, 3.8) is 0 Å². The number of nitrogens with zero attached hydrogens (tertiary/aromatic N) is 5. The van der Waals surface area contributed by atoms with E-state index in [0.29, 0.717) is 0 Å². The molecule has 0 atom stereocenters. The standard InChI is InChI=1S/C26H29N7O/c1-30-8-10-31(11-9-30)17-19-2-5-21(6-3-19)28-26(34)29-22-7-4-20-14-24-25-16-27-18-32(25)12-13-33(24)23(20)15-22/h2-7,14-16,18H,8-13,17H2,1H3,(H2,28,29,34). The molecule has 0 bridgehead atoms. The average Bonchev–Trinajstić information content (AvgIpc) is 3.46. The van der Waals surface area contributed by atoms with Gasteiger partial charge in [-0.2, -0.15) is 0 Å². The number of anilines is 2. The maximum absolute atomic E-state index is 12.7. The number of aryl methyl sites for hydroxylation is 2. The SMILES string of the molecule is CN1CCN(Cc2ccc(NC(=O)Nc3ccc4cc5n(c4c3)CCn3cncc3-5)cc2)CC1. The minimum absolute atomic E-state index is 0.241. The number of amides is 2. The predicted octanol–water partition coefficient (Wildman–Crippen LogP) is 3.91. The normalized spacial score (nSPS) is 16.3. The highest BCUT2D eigenvalue weighted by molar-refractivity contribution is 6.01. The molecule has 0 aliphatic carbocycles. The molecule has 174 valence electrons. The number of rotatable bonds is 4. The lowest BCUT2D eigenvalue weighted by Crippen LogP contribution is -2.43.